The molecule has 19 heavy (non-hydrogen) atoms. The molecule has 1 heterocycles. The molecular weight excluding hydrogens is 304 g/mol. The van der Waals surface area contributed by atoms with Gasteiger partial charge in [-0.25, -0.2) is 0 Å². The standard InChI is InChI=1S/C16H23BrO2/c1-4-16(2,3)13-7-5-12(6-8-13)15(17)14-11-18-9-10-19-14/h5-8,14-15H,4,9-11H2,1-3H3. The first-order chi connectivity index (χ1) is 9.04. The van der Waals surface area contributed by atoms with Crippen LogP contribution >= 0.6 is 15.9 Å². The highest BCUT2D eigenvalue weighted by atomic mass is 79.9. The molecule has 0 aromatic heterocycles. The van der Waals surface area contributed by atoms with Gasteiger partial charge < -0.3 is 9.47 Å². The van der Waals surface area contributed by atoms with E-state index in [1.807, 2.05) is 0 Å². The third-order valence-electron chi connectivity index (χ3n) is 4.06. The number of ether oxygens (including phenoxy) is 2. The van der Waals surface area contributed by atoms with E-state index < -0.39 is 0 Å². The molecule has 1 aromatic rings. The Hall–Kier alpha value is -0.380. The summed E-state index contributed by atoms with van der Waals surface area (Å²) >= 11 is 3.73. The maximum absolute atomic E-state index is 5.74. The molecule has 1 aromatic carbocycles. The Morgan fingerprint density at radius 2 is 1.95 bits per heavy atom. The number of halogens is 1. The average molecular weight is 327 g/mol. The summed E-state index contributed by atoms with van der Waals surface area (Å²) in [5.74, 6) is 0. The van der Waals surface area contributed by atoms with E-state index in [1.54, 1.807) is 0 Å². The lowest BCUT2D eigenvalue weighted by molar-refractivity contribution is -0.0876. The smallest absolute Gasteiger partial charge is 0.0975 e. The molecular formula is C16H23BrO2. The molecule has 3 heteroatoms. The summed E-state index contributed by atoms with van der Waals surface area (Å²) in [6.45, 7) is 8.86. The van der Waals surface area contributed by atoms with Crippen LogP contribution in [0.1, 0.15) is 43.1 Å². The van der Waals surface area contributed by atoms with E-state index in [-0.39, 0.29) is 16.3 Å². The normalized spacial score (nSPS) is 22.2. The van der Waals surface area contributed by atoms with Gasteiger partial charge in [-0.3, -0.25) is 0 Å². The summed E-state index contributed by atoms with van der Waals surface area (Å²) in [7, 11) is 0. The predicted molar refractivity (Wildman–Crippen MR) is 82.0 cm³/mol. The Kier molecular flexibility index (Phi) is 5.04. The summed E-state index contributed by atoms with van der Waals surface area (Å²) in [6.07, 6.45) is 1.25. The first-order valence-corrected chi connectivity index (χ1v) is 7.90. The summed E-state index contributed by atoms with van der Waals surface area (Å²) in [5.41, 5.74) is 2.88. The van der Waals surface area contributed by atoms with Crippen molar-refractivity contribution in [1.29, 1.82) is 0 Å². The fourth-order valence-corrected chi connectivity index (χ4v) is 2.82. The third-order valence-corrected chi connectivity index (χ3v) is 5.18. The molecule has 0 N–H and O–H groups in total. The van der Waals surface area contributed by atoms with Crippen LogP contribution in [0.5, 0.6) is 0 Å². The molecule has 0 bridgehead atoms. The molecule has 0 spiro atoms. The molecule has 2 nitrogen and oxygen atoms in total. The van der Waals surface area contributed by atoms with Crippen molar-refractivity contribution in [3.8, 4) is 0 Å². The molecule has 2 unspecified atom stereocenters. The molecule has 1 aliphatic rings. The molecule has 1 aliphatic heterocycles. The molecule has 0 amide bonds. The van der Waals surface area contributed by atoms with E-state index in [1.165, 1.54) is 11.1 Å². The zero-order valence-electron chi connectivity index (χ0n) is 12.0. The quantitative estimate of drug-likeness (QED) is 0.771. The van der Waals surface area contributed by atoms with Gasteiger partial charge in [-0.15, -0.1) is 0 Å². The number of hydrogen-bond donors (Lipinski definition) is 0. The Bertz CT molecular complexity index is 394. The van der Waals surface area contributed by atoms with Gasteiger partial charge >= 0.3 is 0 Å². The van der Waals surface area contributed by atoms with Crippen LogP contribution in [0.4, 0.5) is 0 Å². The second-order valence-electron chi connectivity index (χ2n) is 5.75. The van der Waals surface area contributed by atoms with Crippen molar-refractivity contribution in [2.24, 2.45) is 0 Å². The second kappa shape index (κ2) is 6.38. The van der Waals surface area contributed by atoms with Crippen molar-refractivity contribution in [3.05, 3.63) is 35.4 Å². The maximum atomic E-state index is 5.74. The minimum atomic E-state index is 0.110. The molecule has 0 saturated carbocycles. The molecule has 106 valence electrons. The Balaban J connectivity index is 2.09. The zero-order chi connectivity index (χ0) is 13.9. The Morgan fingerprint density at radius 1 is 1.26 bits per heavy atom. The van der Waals surface area contributed by atoms with E-state index in [4.69, 9.17) is 9.47 Å². The third kappa shape index (κ3) is 3.59. The first kappa shape index (κ1) is 15.0. The average Bonchev–Trinajstić information content (AvgIpc) is 2.47. The number of hydrogen-bond acceptors (Lipinski definition) is 2. The topological polar surface area (TPSA) is 18.5 Å². The van der Waals surface area contributed by atoms with Gasteiger partial charge in [0, 0.05) is 0 Å². The van der Waals surface area contributed by atoms with E-state index in [0.717, 1.165) is 6.42 Å². The van der Waals surface area contributed by atoms with Crippen molar-refractivity contribution >= 4 is 15.9 Å². The minimum Gasteiger partial charge on any atom is -0.376 e. The fourth-order valence-electron chi connectivity index (χ4n) is 2.21. The van der Waals surface area contributed by atoms with E-state index in [9.17, 15) is 0 Å². The van der Waals surface area contributed by atoms with Gasteiger partial charge in [0.15, 0.2) is 0 Å². The van der Waals surface area contributed by atoms with E-state index in [0.29, 0.717) is 19.8 Å². The van der Waals surface area contributed by atoms with Crippen LogP contribution in [0, 0.1) is 0 Å². The number of benzene rings is 1. The minimum absolute atomic E-state index is 0.110. The van der Waals surface area contributed by atoms with Crippen LogP contribution in [0.2, 0.25) is 0 Å². The van der Waals surface area contributed by atoms with Gasteiger partial charge in [-0.2, -0.15) is 0 Å². The van der Waals surface area contributed by atoms with Crippen molar-refractivity contribution in [2.45, 2.75) is 43.5 Å². The highest BCUT2D eigenvalue weighted by Crippen LogP contribution is 2.32. The lowest BCUT2D eigenvalue weighted by Crippen LogP contribution is -2.31. The van der Waals surface area contributed by atoms with Gasteiger partial charge in [0.1, 0.15) is 0 Å². The van der Waals surface area contributed by atoms with Crippen LogP contribution in [-0.4, -0.2) is 25.9 Å². The van der Waals surface area contributed by atoms with Crippen molar-refractivity contribution < 1.29 is 9.47 Å². The van der Waals surface area contributed by atoms with Gasteiger partial charge in [0.05, 0.1) is 30.8 Å². The van der Waals surface area contributed by atoms with Crippen molar-refractivity contribution in [2.75, 3.05) is 19.8 Å². The molecule has 2 rings (SSSR count). The summed E-state index contributed by atoms with van der Waals surface area (Å²) in [4.78, 5) is 0.201. The molecule has 2 atom stereocenters. The SMILES string of the molecule is CCC(C)(C)c1ccc(C(Br)C2COCCO2)cc1. The number of rotatable bonds is 4. The second-order valence-corrected chi connectivity index (χ2v) is 6.73. The summed E-state index contributed by atoms with van der Waals surface area (Å²) < 4.78 is 11.2. The van der Waals surface area contributed by atoms with Crippen molar-refractivity contribution in [1.82, 2.24) is 0 Å². The highest BCUT2D eigenvalue weighted by molar-refractivity contribution is 9.09. The molecule has 1 saturated heterocycles. The monoisotopic (exact) mass is 326 g/mol. The molecule has 0 radical (unpaired) electrons. The predicted octanol–water partition coefficient (Wildman–Crippen LogP) is 4.23. The lowest BCUT2D eigenvalue weighted by atomic mass is 9.82. The van der Waals surface area contributed by atoms with Gasteiger partial charge in [-0.1, -0.05) is 61.0 Å². The highest BCUT2D eigenvalue weighted by Gasteiger charge is 2.25. The zero-order valence-corrected chi connectivity index (χ0v) is 13.6. The Labute approximate surface area is 124 Å². The van der Waals surface area contributed by atoms with Crippen LogP contribution in [0.15, 0.2) is 24.3 Å². The lowest BCUT2D eigenvalue weighted by Gasteiger charge is -2.28. The largest absolute Gasteiger partial charge is 0.376 e. The number of alkyl halides is 1. The van der Waals surface area contributed by atoms with E-state index >= 15 is 0 Å². The molecule has 1 fully saturated rings. The van der Waals surface area contributed by atoms with Crippen LogP contribution in [0.25, 0.3) is 0 Å². The van der Waals surface area contributed by atoms with Crippen LogP contribution in [-0.2, 0) is 14.9 Å². The van der Waals surface area contributed by atoms with Gasteiger partial charge in [0.2, 0.25) is 0 Å². The Morgan fingerprint density at radius 3 is 2.47 bits per heavy atom. The first-order valence-electron chi connectivity index (χ1n) is 6.98. The van der Waals surface area contributed by atoms with Crippen molar-refractivity contribution in [3.63, 3.8) is 0 Å². The summed E-state index contributed by atoms with van der Waals surface area (Å²) in [5, 5.41) is 0. The van der Waals surface area contributed by atoms with Crippen LogP contribution in [0.3, 0.4) is 0 Å². The van der Waals surface area contributed by atoms with E-state index in [2.05, 4.69) is 61.0 Å². The van der Waals surface area contributed by atoms with Crippen LogP contribution < -0.4 is 0 Å². The van der Waals surface area contributed by atoms with Gasteiger partial charge in [0.25, 0.3) is 0 Å². The summed E-state index contributed by atoms with van der Waals surface area (Å²) in [6, 6.07) is 8.86. The van der Waals surface area contributed by atoms with Gasteiger partial charge in [-0.05, 0) is 23.0 Å². The molecule has 0 aliphatic carbocycles. The fraction of sp³-hybridized carbons (Fsp3) is 0.625. The maximum Gasteiger partial charge on any atom is 0.0975 e.